The van der Waals surface area contributed by atoms with Gasteiger partial charge in [0.1, 0.15) is 18.0 Å². The molecule has 1 atom stereocenters. The molecule has 0 aliphatic carbocycles. The first kappa shape index (κ1) is 26.7. The van der Waals surface area contributed by atoms with Crippen LogP contribution in [-0.4, -0.2) is 60.6 Å². The van der Waals surface area contributed by atoms with E-state index in [-0.39, 0.29) is 31.4 Å². The Bertz CT molecular complexity index is 1230. The van der Waals surface area contributed by atoms with E-state index < -0.39 is 5.60 Å². The van der Waals surface area contributed by atoms with Crippen LogP contribution < -0.4 is 4.74 Å². The van der Waals surface area contributed by atoms with E-state index >= 15 is 0 Å². The van der Waals surface area contributed by atoms with Gasteiger partial charge in [0.15, 0.2) is 0 Å². The second-order valence-corrected chi connectivity index (χ2v) is 10.1. The Morgan fingerprint density at radius 1 is 1.05 bits per heavy atom. The zero-order chi connectivity index (χ0) is 26.4. The number of halogens is 1. The lowest BCUT2D eigenvalue weighted by Gasteiger charge is -2.42. The summed E-state index contributed by atoms with van der Waals surface area (Å²) in [6.07, 6.45) is 0.0839. The highest BCUT2D eigenvalue weighted by Gasteiger charge is 2.42. The molecule has 6 nitrogen and oxygen atoms in total. The summed E-state index contributed by atoms with van der Waals surface area (Å²) in [6, 6.07) is 22.8. The number of carbonyl (C=O) groups is 2. The molecule has 0 saturated carbocycles. The Hall–Kier alpha value is -3.35. The molecule has 0 bridgehead atoms. The van der Waals surface area contributed by atoms with E-state index in [1.165, 1.54) is 0 Å². The number of hydrogen-bond donors (Lipinski definition) is 0. The first-order chi connectivity index (χ1) is 17.7. The van der Waals surface area contributed by atoms with Gasteiger partial charge >= 0.3 is 0 Å². The molecular formula is C30H33ClN2O4. The van der Waals surface area contributed by atoms with Crippen molar-refractivity contribution in [3.63, 3.8) is 0 Å². The second kappa shape index (κ2) is 11.8. The van der Waals surface area contributed by atoms with Crippen LogP contribution in [0.2, 0.25) is 5.02 Å². The van der Waals surface area contributed by atoms with Gasteiger partial charge in [0.05, 0.1) is 19.6 Å². The van der Waals surface area contributed by atoms with Crippen LogP contribution in [-0.2, 0) is 16.1 Å². The third-order valence-corrected chi connectivity index (χ3v) is 7.05. The van der Waals surface area contributed by atoms with E-state index in [1.807, 2.05) is 74.5 Å². The minimum atomic E-state index is -0.992. The summed E-state index contributed by atoms with van der Waals surface area (Å²) in [5.74, 6) is 0.474. The van der Waals surface area contributed by atoms with E-state index in [2.05, 4.69) is 0 Å². The van der Waals surface area contributed by atoms with E-state index in [4.69, 9.17) is 21.1 Å². The molecule has 4 rings (SSSR count). The van der Waals surface area contributed by atoms with E-state index in [0.29, 0.717) is 36.0 Å². The topological polar surface area (TPSA) is 59.1 Å². The van der Waals surface area contributed by atoms with Gasteiger partial charge in [0.2, 0.25) is 5.91 Å². The lowest BCUT2D eigenvalue weighted by Crippen LogP contribution is -2.58. The van der Waals surface area contributed by atoms with Crippen molar-refractivity contribution in [2.24, 2.45) is 0 Å². The van der Waals surface area contributed by atoms with Crippen LogP contribution >= 0.6 is 11.6 Å². The van der Waals surface area contributed by atoms with Gasteiger partial charge in [-0.05, 0) is 55.3 Å². The van der Waals surface area contributed by atoms with E-state index in [9.17, 15) is 9.59 Å². The van der Waals surface area contributed by atoms with Gasteiger partial charge in [-0.2, -0.15) is 0 Å². The molecule has 0 spiro atoms. The smallest absolute Gasteiger partial charge is 0.254 e. The van der Waals surface area contributed by atoms with Gasteiger partial charge < -0.3 is 19.3 Å². The van der Waals surface area contributed by atoms with Gasteiger partial charge in [-0.3, -0.25) is 9.59 Å². The van der Waals surface area contributed by atoms with Crippen LogP contribution in [0.1, 0.15) is 33.5 Å². The van der Waals surface area contributed by atoms with Gasteiger partial charge in [-0.15, -0.1) is 0 Å². The maximum absolute atomic E-state index is 13.4. The van der Waals surface area contributed by atoms with Crippen molar-refractivity contribution in [2.75, 3.05) is 33.4 Å². The number of morpholine rings is 1. The van der Waals surface area contributed by atoms with E-state index in [0.717, 1.165) is 16.7 Å². The number of ether oxygens (including phenoxy) is 2. The molecular weight excluding hydrogens is 488 g/mol. The summed E-state index contributed by atoms with van der Waals surface area (Å²) < 4.78 is 12.4. The average Bonchev–Trinajstić information content (AvgIpc) is 2.90. The number of rotatable bonds is 8. The zero-order valence-electron chi connectivity index (χ0n) is 21.6. The number of aryl methyl sites for hydroxylation is 2. The fraction of sp³-hybridized carbons (Fsp3) is 0.333. The number of amides is 2. The quantitative estimate of drug-likeness (QED) is 0.404. The summed E-state index contributed by atoms with van der Waals surface area (Å²) in [5, 5.41) is 0.656. The highest BCUT2D eigenvalue weighted by molar-refractivity contribution is 6.31. The predicted octanol–water partition coefficient (Wildman–Crippen LogP) is 5.30. The number of nitrogens with zero attached hydrogens (tertiary/aromatic N) is 2. The van der Waals surface area contributed by atoms with Crippen LogP contribution in [0.15, 0.2) is 72.8 Å². The number of benzene rings is 3. The molecule has 194 valence electrons. The summed E-state index contributed by atoms with van der Waals surface area (Å²) in [5.41, 5.74) is 2.65. The minimum absolute atomic E-state index is 0.0793. The highest BCUT2D eigenvalue weighted by atomic mass is 35.5. The van der Waals surface area contributed by atoms with Crippen molar-refractivity contribution >= 4 is 23.4 Å². The lowest BCUT2D eigenvalue weighted by molar-refractivity contribution is -0.152. The van der Waals surface area contributed by atoms with Crippen LogP contribution in [0.4, 0.5) is 0 Å². The Labute approximate surface area is 223 Å². The third kappa shape index (κ3) is 6.90. The summed E-state index contributed by atoms with van der Waals surface area (Å²) in [6.45, 7) is 5.51. The molecule has 37 heavy (non-hydrogen) atoms. The monoisotopic (exact) mass is 520 g/mol. The van der Waals surface area contributed by atoms with Crippen LogP contribution in [0, 0.1) is 13.8 Å². The van der Waals surface area contributed by atoms with Gasteiger partial charge in [0, 0.05) is 30.7 Å². The Morgan fingerprint density at radius 3 is 2.49 bits per heavy atom. The molecule has 0 radical (unpaired) electrons. The second-order valence-electron chi connectivity index (χ2n) is 9.74. The molecule has 0 unspecified atom stereocenters. The molecule has 1 heterocycles. The van der Waals surface area contributed by atoms with Crippen LogP contribution in [0.3, 0.4) is 0 Å². The SMILES string of the molecule is Cc1ccc(C(=O)N2CCO[C@](COc3ccc(Cl)c(C)c3)(CC(=O)N(C)Cc3ccccc3)C2)cc1. The lowest BCUT2D eigenvalue weighted by atomic mass is 9.96. The van der Waals surface area contributed by atoms with Crippen LogP contribution in [0.5, 0.6) is 5.75 Å². The highest BCUT2D eigenvalue weighted by Crippen LogP contribution is 2.28. The molecule has 0 aromatic heterocycles. The summed E-state index contributed by atoms with van der Waals surface area (Å²) >= 11 is 6.17. The molecule has 1 aliphatic rings. The Balaban J connectivity index is 1.54. The summed E-state index contributed by atoms with van der Waals surface area (Å²) in [7, 11) is 1.78. The maximum atomic E-state index is 13.4. The van der Waals surface area contributed by atoms with Gasteiger partial charge in [-0.25, -0.2) is 0 Å². The van der Waals surface area contributed by atoms with E-state index in [1.54, 1.807) is 29.0 Å². The summed E-state index contributed by atoms with van der Waals surface area (Å²) in [4.78, 5) is 30.2. The van der Waals surface area contributed by atoms with Crippen molar-refractivity contribution in [3.8, 4) is 5.75 Å². The predicted molar refractivity (Wildman–Crippen MR) is 145 cm³/mol. The molecule has 1 aliphatic heterocycles. The first-order valence-corrected chi connectivity index (χ1v) is 12.8. The molecule has 1 fully saturated rings. The van der Waals surface area contributed by atoms with Crippen molar-refractivity contribution in [1.29, 1.82) is 0 Å². The van der Waals surface area contributed by atoms with Gasteiger partial charge in [0.25, 0.3) is 5.91 Å². The first-order valence-electron chi connectivity index (χ1n) is 12.4. The van der Waals surface area contributed by atoms with Crippen molar-refractivity contribution in [2.45, 2.75) is 32.4 Å². The standard InChI is InChI=1S/C30H33ClN2O4/c1-22-9-11-25(12-10-22)29(35)33-15-16-37-30(20-33,21-36-26-13-14-27(31)23(2)17-26)18-28(34)32(3)19-24-7-5-4-6-8-24/h4-14,17H,15-16,18-21H2,1-3H3/t30-/m1/s1. The fourth-order valence-corrected chi connectivity index (χ4v) is 4.54. The number of hydrogen-bond acceptors (Lipinski definition) is 4. The zero-order valence-corrected chi connectivity index (χ0v) is 22.3. The van der Waals surface area contributed by atoms with Gasteiger partial charge in [-0.1, -0.05) is 59.6 Å². The van der Waals surface area contributed by atoms with Crippen molar-refractivity contribution < 1.29 is 19.1 Å². The minimum Gasteiger partial charge on any atom is -0.490 e. The largest absolute Gasteiger partial charge is 0.490 e. The molecule has 0 N–H and O–H groups in total. The molecule has 1 saturated heterocycles. The normalized spacial score (nSPS) is 17.4. The maximum Gasteiger partial charge on any atom is 0.254 e. The molecule has 2 amide bonds. The molecule has 7 heteroatoms. The van der Waals surface area contributed by atoms with Crippen molar-refractivity contribution in [3.05, 3.63) is 100 Å². The van der Waals surface area contributed by atoms with Crippen molar-refractivity contribution in [1.82, 2.24) is 9.80 Å². The molecule has 3 aromatic carbocycles. The Kier molecular flexibility index (Phi) is 8.52. The molecule has 3 aromatic rings. The number of carbonyl (C=O) groups excluding carboxylic acids is 2. The third-order valence-electron chi connectivity index (χ3n) is 6.63. The Morgan fingerprint density at radius 2 is 1.78 bits per heavy atom. The average molecular weight is 521 g/mol. The van der Waals surface area contributed by atoms with Crippen LogP contribution in [0.25, 0.3) is 0 Å². The fourth-order valence-electron chi connectivity index (χ4n) is 4.42.